The van der Waals surface area contributed by atoms with E-state index in [0.717, 1.165) is 58.7 Å². The largest absolute Gasteiger partial charge is 0.494 e. The van der Waals surface area contributed by atoms with Gasteiger partial charge in [-0.25, -0.2) is 4.98 Å². The predicted molar refractivity (Wildman–Crippen MR) is 158 cm³/mol. The molecule has 1 amide bonds. The number of benzene rings is 4. The van der Waals surface area contributed by atoms with Gasteiger partial charge in [0, 0.05) is 11.6 Å². The number of hydrogen-bond acceptors (Lipinski definition) is 3. The molecule has 6 heteroatoms. The summed E-state index contributed by atoms with van der Waals surface area (Å²) < 4.78 is 8.07. The van der Waals surface area contributed by atoms with E-state index in [1.807, 2.05) is 79.7 Å². The van der Waals surface area contributed by atoms with Crippen molar-refractivity contribution in [3.63, 3.8) is 0 Å². The number of fused-ring (bicyclic) bond motifs is 1. The van der Waals surface area contributed by atoms with Gasteiger partial charge < -0.3 is 14.6 Å². The summed E-state index contributed by atoms with van der Waals surface area (Å²) in [5.41, 5.74) is 5.29. The molecule has 1 N–H and O–H groups in total. The number of nitrogens with one attached hydrogen (secondary N) is 1. The number of carbonyl (C=O) groups is 1. The fourth-order valence-corrected chi connectivity index (χ4v) is 4.87. The minimum atomic E-state index is -0.223. The molecule has 5 nitrogen and oxygen atoms in total. The maximum absolute atomic E-state index is 13.0. The van der Waals surface area contributed by atoms with Gasteiger partial charge in [0.1, 0.15) is 11.6 Å². The van der Waals surface area contributed by atoms with Gasteiger partial charge in [-0.1, -0.05) is 78.3 Å². The summed E-state index contributed by atoms with van der Waals surface area (Å²) in [5.74, 6) is 1.66. The van der Waals surface area contributed by atoms with E-state index in [9.17, 15) is 4.79 Å². The lowest BCUT2D eigenvalue weighted by Gasteiger charge is -2.17. The number of nitrogens with zero attached hydrogens (tertiary/aromatic N) is 2. The zero-order chi connectivity index (χ0) is 27.0. The van der Waals surface area contributed by atoms with Gasteiger partial charge >= 0.3 is 0 Å². The summed E-state index contributed by atoms with van der Waals surface area (Å²) in [6.45, 7) is 3.41. The van der Waals surface area contributed by atoms with Gasteiger partial charge in [-0.15, -0.1) is 0 Å². The molecule has 0 fully saturated rings. The molecule has 0 radical (unpaired) electrons. The Morgan fingerprint density at radius 1 is 0.872 bits per heavy atom. The van der Waals surface area contributed by atoms with Crippen molar-refractivity contribution in [3.05, 3.63) is 120 Å². The number of halogens is 1. The van der Waals surface area contributed by atoms with Gasteiger partial charge in [-0.05, 0) is 72.9 Å². The van der Waals surface area contributed by atoms with Gasteiger partial charge in [0.25, 0.3) is 0 Å². The highest BCUT2D eigenvalue weighted by molar-refractivity contribution is 6.30. The Balaban J connectivity index is 1.19. The highest BCUT2D eigenvalue weighted by Gasteiger charge is 2.18. The number of aromatic nitrogens is 2. The Morgan fingerprint density at radius 3 is 2.33 bits per heavy atom. The maximum atomic E-state index is 13.0. The number of hydrogen-bond donors (Lipinski definition) is 1. The summed E-state index contributed by atoms with van der Waals surface area (Å²) in [6, 6.07) is 33.7. The van der Waals surface area contributed by atoms with Crippen molar-refractivity contribution in [2.75, 3.05) is 6.61 Å². The quantitative estimate of drug-likeness (QED) is 0.176. The summed E-state index contributed by atoms with van der Waals surface area (Å²) >= 11 is 5.95. The van der Waals surface area contributed by atoms with Crippen LogP contribution in [0, 0.1) is 0 Å². The van der Waals surface area contributed by atoms with E-state index in [0.29, 0.717) is 18.1 Å². The fourth-order valence-electron chi connectivity index (χ4n) is 4.74. The molecule has 0 aliphatic rings. The van der Waals surface area contributed by atoms with Crippen LogP contribution in [0.5, 0.6) is 5.75 Å². The Labute approximate surface area is 234 Å². The van der Waals surface area contributed by atoms with Crippen molar-refractivity contribution in [1.82, 2.24) is 14.9 Å². The SMILES string of the molecule is CC(NC(=O)Cc1ccc(-c2ccccc2)cc1)c1nc2ccccc2n1CCCCOc1ccc(Cl)cc1. The highest BCUT2D eigenvalue weighted by Crippen LogP contribution is 2.23. The Morgan fingerprint density at radius 2 is 1.56 bits per heavy atom. The molecule has 1 heterocycles. The Bertz CT molecular complexity index is 1510. The number of unbranched alkanes of at least 4 members (excludes halogenated alkanes) is 1. The molecule has 1 aromatic heterocycles. The van der Waals surface area contributed by atoms with Crippen LogP contribution in [0.1, 0.15) is 37.2 Å². The predicted octanol–water partition coefficient (Wildman–Crippen LogP) is 7.64. The molecule has 5 aromatic rings. The lowest BCUT2D eigenvalue weighted by molar-refractivity contribution is -0.121. The van der Waals surface area contributed by atoms with Crippen molar-refractivity contribution in [2.45, 2.75) is 38.8 Å². The van der Waals surface area contributed by atoms with Gasteiger partial charge in [0.15, 0.2) is 0 Å². The van der Waals surface area contributed by atoms with Gasteiger partial charge in [0.05, 0.1) is 30.1 Å². The number of ether oxygens (including phenoxy) is 1. The fraction of sp³-hybridized carbons (Fsp3) is 0.212. The van der Waals surface area contributed by atoms with Crippen LogP contribution >= 0.6 is 11.6 Å². The van der Waals surface area contributed by atoms with E-state index in [-0.39, 0.29) is 11.9 Å². The maximum Gasteiger partial charge on any atom is 0.224 e. The minimum Gasteiger partial charge on any atom is -0.494 e. The van der Waals surface area contributed by atoms with E-state index < -0.39 is 0 Å². The molecule has 39 heavy (non-hydrogen) atoms. The molecule has 0 spiro atoms. The number of para-hydroxylation sites is 2. The standard InChI is InChI=1S/C33H32ClN3O2/c1-24(35-32(38)23-25-13-15-27(16-14-25)26-9-3-2-4-10-26)33-36-30-11-5-6-12-31(30)37(33)21-7-8-22-39-29-19-17-28(34)18-20-29/h2-6,9-20,24H,7-8,21-23H2,1H3,(H,35,38). The summed E-state index contributed by atoms with van der Waals surface area (Å²) in [7, 11) is 0. The first-order chi connectivity index (χ1) is 19.1. The molecule has 4 aromatic carbocycles. The second-order valence-corrected chi connectivity index (χ2v) is 10.1. The zero-order valence-corrected chi connectivity index (χ0v) is 22.8. The molecule has 5 rings (SSSR count). The van der Waals surface area contributed by atoms with Crippen molar-refractivity contribution >= 4 is 28.5 Å². The molecule has 0 aliphatic heterocycles. The Kier molecular flexibility index (Phi) is 8.59. The molecule has 0 saturated carbocycles. The topological polar surface area (TPSA) is 56.2 Å². The lowest BCUT2D eigenvalue weighted by Crippen LogP contribution is -2.30. The van der Waals surface area contributed by atoms with Crippen LogP contribution < -0.4 is 10.1 Å². The van der Waals surface area contributed by atoms with Crippen molar-refractivity contribution in [1.29, 1.82) is 0 Å². The summed E-state index contributed by atoms with van der Waals surface area (Å²) in [4.78, 5) is 17.8. The van der Waals surface area contributed by atoms with E-state index in [1.54, 1.807) is 0 Å². The molecule has 0 bridgehead atoms. The zero-order valence-electron chi connectivity index (χ0n) is 22.0. The Hall–Kier alpha value is -4.09. The average Bonchev–Trinajstić information content (AvgIpc) is 3.33. The van der Waals surface area contributed by atoms with Crippen LogP contribution in [-0.2, 0) is 17.8 Å². The first-order valence-electron chi connectivity index (χ1n) is 13.3. The van der Waals surface area contributed by atoms with Crippen LogP contribution in [0.15, 0.2) is 103 Å². The molecule has 0 saturated heterocycles. The third-order valence-electron chi connectivity index (χ3n) is 6.73. The minimum absolute atomic E-state index is 0.0232. The van der Waals surface area contributed by atoms with Gasteiger partial charge in [0.2, 0.25) is 5.91 Å². The van der Waals surface area contributed by atoms with Crippen molar-refractivity contribution in [2.24, 2.45) is 0 Å². The number of carbonyl (C=O) groups excluding carboxylic acids is 1. The van der Waals surface area contributed by atoms with Crippen LogP contribution in [0.3, 0.4) is 0 Å². The summed E-state index contributed by atoms with van der Waals surface area (Å²) in [5, 5.41) is 3.86. The average molecular weight is 538 g/mol. The number of rotatable bonds is 11. The molecule has 1 unspecified atom stereocenters. The first-order valence-corrected chi connectivity index (χ1v) is 13.7. The summed E-state index contributed by atoms with van der Waals surface area (Å²) in [6.07, 6.45) is 2.14. The van der Waals surface area contributed by atoms with Gasteiger partial charge in [-0.3, -0.25) is 4.79 Å². The molecule has 198 valence electrons. The third-order valence-corrected chi connectivity index (χ3v) is 6.99. The number of imidazole rings is 1. The van der Waals surface area contributed by atoms with Crippen LogP contribution in [-0.4, -0.2) is 22.1 Å². The van der Waals surface area contributed by atoms with E-state index in [1.165, 1.54) is 0 Å². The second-order valence-electron chi connectivity index (χ2n) is 9.65. The van der Waals surface area contributed by atoms with Gasteiger partial charge in [-0.2, -0.15) is 0 Å². The number of amides is 1. The van der Waals surface area contributed by atoms with Crippen LogP contribution in [0.4, 0.5) is 0 Å². The molecular weight excluding hydrogens is 506 g/mol. The second kappa shape index (κ2) is 12.6. The van der Waals surface area contributed by atoms with Crippen molar-refractivity contribution < 1.29 is 9.53 Å². The highest BCUT2D eigenvalue weighted by atomic mass is 35.5. The third kappa shape index (κ3) is 6.87. The lowest BCUT2D eigenvalue weighted by atomic mass is 10.0. The van der Waals surface area contributed by atoms with Crippen LogP contribution in [0.2, 0.25) is 5.02 Å². The van der Waals surface area contributed by atoms with E-state index in [4.69, 9.17) is 21.3 Å². The normalized spacial score (nSPS) is 11.8. The first kappa shape index (κ1) is 26.5. The van der Waals surface area contributed by atoms with E-state index >= 15 is 0 Å². The van der Waals surface area contributed by atoms with Crippen molar-refractivity contribution in [3.8, 4) is 16.9 Å². The number of aryl methyl sites for hydroxylation is 1. The molecular formula is C33H32ClN3O2. The monoisotopic (exact) mass is 537 g/mol. The van der Waals surface area contributed by atoms with Crippen LogP contribution in [0.25, 0.3) is 22.2 Å². The van der Waals surface area contributed by atoms with E-state index in [2.05, 4.69) is 40.2 Å². The smallest absolute Gasteiger partial charge is 0.224 e. The molecule has 0 aliphatic carbocycles. The molecule has 1 atom stereocenters.